The van der Waals surface area contributed by atoms with Gasteiger partial charge in [0, 0.05) is 24.0 Å². The fourth-order valence-electron chi connectivity index (χ4n) is 3.44. The molecule has 1 aliphatic carbocycles. The summed E-state index contributed by atoms with van der Waals surface area (Å²) in [5, 5.41) is 0. The fourth-order valence-corrected chi connectivity index (χ4v) is 3.44. The van der Waals surface area contributed by atoms with Crippen molar-refractivity contribution >= 4 is 0 Å². The zero-order valence-corrected chi connectivity index (χ0v) is 12.4. The average molecular weight is 296 g/mol. The molecule has 0 spiro atoms. The molecule has 22 heavy (non-hydrogen) atoms. The molecule has 2 N–H and O–H groups in total. The van der Waals surface area contributed by atoms with Crippen LogP contribution in [0, 0.1) is 5.82 Å². The molecule has 4 rings (SSSR count). The van der Waals surface area contributed by atoms with Gasteiger partial charge in [-0.25, -0.2) is 14.4 Å². The Balaban J connectivity index is 1.72. The third kappa shape index (κ3) is 1.96. The lowest BCUT2D eigenvalue weighted by Gasteiger charge is -2.25. The maximum Gasteiger partial charge on any atom is 0.173 e. The number of benzene rings is 1. The number of aromatic nitrogens is 4. The first-order valence-corrected chi connectivity index (χ1v) is 7.53. The fraction of sp³-hybridized carbons (Fsp3) is 0.294. The normalized spacial score (nSPS) is 20.3. The quantitative estimate of drug-likeness (QED) is 0.778. The highest BCUT2D eigenvalue weighted by molar-refractivity contribution is 5.46. The van der Waals surface area contributed by atoms with Gasteiger partial charge in [0.2, 0.25) is 0 Å². The molecule has 5 heteroatoms. The van der Waals surface area contributed by atoms with Gasteiger partial charge in [0.05, 0.1) is 5.69 Å². The van der Waals surface area contributed by atoms with E-state index in [0.717, 1.165) is 42.2 Å². The molecule has 2 heterocycles. The molecule has 1 unspecified atom stereocenters. The van der Waals surface area contributed by atoms with Gasteiger partial charge in [-0.2, -0.15) is 0 Å². The first-order valence-electron chi connectivity index (χ1n) is 7.53. The minimum absolute atomic E-state index is 0.0581. The number of rotatable bonds is 3. The highest BCUT2D eigenvalue weighted by atomic mass is 19.1. The molecule has 2 aromatic heterocycles. The van der Waals surface area contributed by atoms with Gasteiger partial charge in [-0.15, -0.1) is 0 Å². The van der Waals surface area contributed by atoms with Gasteiger partial charge < -0.3 is 9.97 Å². The Morgan fingerprint density at radius 2 is 2.05 bits per heavy atom. The molecule has 0 saturated carbocycles. The Kier molecular flexibility index (Phi) is 2.89. The van der Waals surface area contributed by atoms with Gasteiger partial charge in [0.1, 0.15) is 5.82 Å². The van der Waals surface area contributed by atoms with Gasteiger partial charge in [-0.1, -0.05) is 13.0 Å². The van der Waals surface area contributed by atoms with E-state index in [0.29, 0.717) is 0 Å². The molecule has 0 saturated heterocycles. The van der Waals surface area contributed by atoms with E-state index in [1.165, 1.54) is 5.56 Å². The van der Waals surface area contributed by atoms with Crippen LogP contribution in [0.1, 0.15) is 30.2 Å². The Labute approximate surface area is 127 Å². The van der Waals surface area contributed by atoms with Crippen LogP contribution in [0.5, 0.6) is 0 Å². The molecule has 0 amide bonds. The predicted molar refractivity (Wildman–Crippen MR) is 81.9 cm³/mol. The number of imidazole rings is 2. The number of hydrogen-bond acceptors (Lipinski definition) is 2. The van der Waals surface area contributed by atoms with Gasteiger partial charge in [-0.3, -0.25) is 0 Å². The van der Waals surface area contributed by atoms with Crippen LogP contribution in [-0.4, -0.2) is 19.9 Å². The molecule has 0 bridgehead atoms. The van der Waals surface area contributed by atoms with E-state index in [9.17, 15) is 4.39 Å². The predicted octanol–water partition coefficient (Wildman–Crippen LogP) is 3.39. The summed E-state index contributed by atoms with van der Waals surface area (Å²) in [4.78, 5) is 15.2. The molecule has 0 radical (unpaired) electrons. The Hall–Kier alpha value is -2.43. The molecule has 0 aliphatic heterocycles. The summed E-state index contributed by atoms with van der Waals surface area (Å²) in [6.45, 7) is 2.17. The van der Waals surface area contributed by atoms with E-state index in [2.05, 4.69) is 21.9 Å². The van der Waals surface area contributed by atoms with Gasteiger partial charge in [0.25, 0.3) is 0 Å². The number of H-pyrrole nitrogens is 2. The van der Waals surface area contributed by atoms with Crippen molar-refractivity contribution in [1.82, 2.24) is 19.9 Å². The monoisotopic (exact) mass is 296 g/mol. The zero-order chi connectivity index (χ0) is 15.2. The lowest BCUT2D eigenvalue weighted by Crippen LogP contribution is -2.26. The number of hydrogen-bond donors (Lipinski definition) is 2. The van der Waals surface area contributed by atoms with Gasteiger partial charge in [-0.05, 0) is 42.5 Å². The summed E-state index contributed by atoms with van der Waals surface area (Å²) in [5.41, 5.74) is 3.30. The summed E-state index contributed by atoms with van der Waals surface area (Å²) >= 11 is 0. The first kappa shape index (κ1) is 13.2. The number of aromatic amines is 2. The van der Waals surface area contributed by atoms with Crippen LogP contribution >= 0.6 is 0 Å². The SMILES string of the molecule is CCC1(c2c[nH]c(-c3ncc[nH]3)n2)Cc2ccc(F)cc2C1. The summed E-state index contributed by atoms with van der Waals surface area (Å²) in [5.74, 6) is 1.32. The lowest BCUT2D eigenvalue weighted by atomic mass is 9.79. The topological polar surface area (TPSA) is 57.4 Å². The van der Waals surface area contributed by atoms with E-state index in [-0.39, 0.29) is 11.2 Å². The second-order valence-corrected chi connectivity index (χ2v) is 5.97. The molecule has 1 atom stereocenters. The van der Waals surface area contributed by atoms with E-state index in [4.69, 9.17) is 4.98 Å². The van der Waals surface area contributed by atoms with Crippen molar-refractivity contribution in [2.24, 2.45) is 0 Å². The van der Waals surface area contributed by atoms with Crippen molar-refractivity contribution in [2.75, 3.05) is 0 Å². The Bertz CT molecular complexity index is 806. The lowest BCUT2D eigenvalue weighted by molar-refractivity contribution is 0.424. The molecule has 112 valence electrons. The smallest absolute Gasteiger partial charge is 0.173 e. The second-order valence-electron chi connectivity index (χ2n) is 5.97. The number of nitrogens with zero attached hydrogens (tertiary/aromatic N) is 2. The van der Waals surface area contributed by atoms with Crippen LogP contribution in [0.3, 0.4) is 0 Å². The van der Waals surface area contributed by atoms with Gasteiger partial charge in [0.15, 0.2) is 11.6 Å². The third-order valence-electron chi connectivity index (χ3n) is 4.75. The van der Waals surface area contributed by atoms with Crippen LogP contribution in [-0.2, 0) is 18.3 Å². The molecule has 1 aliphatic rings. The maximum atomic E-state index is 13.5. The summed E-state index contributed by atoms with van der Waals surface area (Å²) < 4.78 is 13.5. The van der Waals surface area contributed by atoms with Gasteiger partial charge >= 0.3 is 0 Å². The van der Waals surface area contributed by atoms with E-state index < -0.39 is 0 Å². The van der Waals surface area contributed by atoms with Crippen molar-refractivity contribution in [3.05, 3.63) is 59.4 Å². The molecule has 4 nitrogen and oxygen atoms in total. The van der Waals surface area contributed by atoms with E-state index in [1.807, 2.05) is 12.3 Å². The summed E-state index contributed by atoms with van der Waals surface area (Å²) in [7, 11) is 0. The number of halogens is 1. The first-order chi connectivity index (χ1) is 10.7. The highest BCUT2D eigenvalue weighted by Gasteiger charge is 2.39. The van der Waals surface area contributed by atoms with Crippen LogP contribution in [0.2, 0.25) is 0 Å². The number of nitrogens with one attached hydrogen (secondary N) is 2. The van der Waals surface area contributed by atoms with Crippen LogP contribution in [0.4, 0.5) is 4.39 Å². The minimum atomic E-state index is -0.163. The Morgan fingerprint density at radius 3 is 2.82 bits per heavy atom. The minimum Gasteiger partial charge on any atom is -0.342 e. The highest BCUT2D eigenvalue weighted by Crippen LogP contribution is 2.42. The van der Waals surface area contributed by atoms with Crippen molar-refractivity contribution in [3.8, 4) is 11.6 Å². The maximum absolute atomic E-state index is 13.5. The number of fused-ring (bicyclic) bond motifs is 1. The van der Waals surface area contributed by atoms with Crippen molar-refractivity contribution in [1.29, 1.82) is 0 Å². The van der Waals surface area contributed by atoms with E-state index >= 15 is 0 Å². The molecule has 0 fully saturated rings. The molecule has 3 aromatic rings. The molecule has 1 aromatic carbocycles. The van der Waals surface area contributed by atoms with Crippen molar-refractivity contribution in [2.45, 2.75) is 31.6 Å². The molecular weight excluding hydrogens is 279 g/mol. The summed E-state index contributed by atoms with van der Waals surface area (Å²) in [6.07, 6.45) is 8.15. The van der Waals surface area contributed by atoms with Crippen molar-refractivity contribution < 1.29 is 4.39 Å². The Morgan fingerprint density at radius 1 is 1.18 bits per heavy atom. The average Bonchev–Trinajstić information content (AvgIpc) is 3.24. The summed E-state index contributed by atoms with van der Waals surface area (Å²) in [6, 6.07) is 5.11. The van der Waals surface area contributed by atoms with Crippen LogP contribution in [0.25, 0.3) is 11.6 Å². The van der Waals surface area contributed by atoms with Crippen LogP contribution in [0.15, 0.2) is 36.8 Å². The van der Waals surface area contributed by atoms with Crippen molar-refractivity contribution in [3.63, 3.8) is 0 Å². The molecular formula is C17H17FN4. The second kappa shape index (κ2) is 4.80. The zero-order valence-electron chi connectivity index (χ0n) is 12.4. The van der Waals surface area contributed by atoms with Crippen LogP contribution < -0.4 is 0 Å². The van der Waals surface area contributed by atoms with E-state index in [1.54, 1.807) is 24.5 Å². The largest absolute Gasteiger partial charge is 0.342 e. The standard InChI is InChI=1S/C17H17FN4/c1-2-17(8-11-3-4-13(18)7-12(11)9-17)14-10-21-16(22-14)15-19-5-6-20-15/h3-7,10H,2,8-9H2,1H3,(H,19,20)(H,21,22). The third-order valence-corrected chi connectivity index (χ3v) is 4.75.